The van der Waals surface area contributed by atoms with Crippen molar-refractivity contribution in [3.8, 4) is 0 Å². The van der Waals surface area contributed by atoms with E-state index in [0.29, 0.717) is 13.1 Å². The van der Waals surface area contributed by atoms with Crippen LogP contribution in [0.5, 0.6) is 0 Å². The van der Waals surface area contributed by atoms with Gasteiger partial charge in [0.2, 0.25) is 0 Å². The molecule has 0 spiro atoms. The molecule has 2 aliphatic rings. The van der Waals surface area contributed by atoms with Crippen molar-refractivity contribution in [3.05, 3.63) is 0 Å². The summed E-state index contributed by atoms with van der Waals surface area (Å²) in [5.41, 5.74) is 0. The number of piperidine rings is 1. The molecule has 2 saturated heterocycles. The summed E-state index contributed by atoms with van der Waals surface area (Å²) >= 11 is 0. The summed E-state index contributed by atoms with van der Waals surface area (Å²) in [6.07, 6.45) is -4.06. The fourth-order valence-corrected chi connectivity index (χ4v) is 2.45. The van der Waals surface area contributed by atoms with Gasteiger partial charge in [0, 0.05) is 39.3 Å². The Hall–Kier alpha value is -0.980. The third-order valence-corrected chi connectivity index (χ3v) is 3.62. The number of carbonyl (C=O) groups excluding carboxylic acids is 1. The van der Waals surface area contributed by atoms with Crippen molar-refractivity contribution in [2.24, 2.45) is 5.92 Å². The van der Waals surface area contributed by atoms with Crippen LogP contribution >= 0.6 is 0 Å². The maximum atomic E-state index is 12.5. The number of carbonyl (C=O) groups is 1. The van der Waals surface area contributed by atoms with Crippen molar-refractivity contribution in [1.29, 1.82) is 0 Å². The molecule has 2 aliphatic heterocycles. The molecule has 104 valence electrons. The zero-order valence-corrected chi connectivity index (χ0v) is 10.2. The molecule has 0 unspecified atom stereocenters. The van der Waals surface area contributed by atoms with Crippen LogP contribution in [-0.2, 0) is 0 Å². The minimum absolute atomic E-state index is 0.0291. The molecule has 0 saturated carbocycles. The van der Waals surface area contributed by atoms with Crippen molar-refractivity contribution < 1.29 is 18.0 Å². The molecule has 0 aromatic rings. The van der Waals surface area contributed by atoms with E-state index in [1.807, 2.05) is 0 Å². The maximum Gasteiger partial charge on any atom is 0.391 e. The Bertz CT molecular complexity index is 294. The third-order valence-electron chi connectivity index (χ3n) is 3.62. The quantitative estimate of drug-likeness (QED) is 0.716. The van der Waals surface area contributed by atoms with Gasteiger partial charge in [-0.05, 0) is 12.8 Å². The number of urea groups is 1. The van der Waals surface area contributed by atoms with Gasteiger partial charge in [0.1, 0.15) is 0 Å². The molecular formula is C11H18F3N3O. The molecule has 2 fully saturated rings. The Kier molecular flexibility index (Phi) is 3.99. The fraction of sp³-hybridized carbons (Fsp3) is 0.909. The molecule has 2 amide bonds. The number of nitrogens with one attached hydrogen (secondary N) is 1. The first-order chi connectivity index (χ1) is 8.48. The van der Waals surface area contributed by atoms with Crippen molar-refractivity contribution >= 4 is 6.03 Å². The lowest BCUT2D eigenvalue weighted by Crippen LogP contribution is -2.53. The molecule has 0 aromatic heterocycles. The van der Waals surface area contributed by atoms with Crippen LogP contribution in [-0.4, -0.2) is 61.3 Å². The van der Waals surface area contributed by atoms with Crippen molar-refractivity contribution in [1.82, 2.24) is 15.1 Å². The van der Waals surface area contributed by atoms with Crippen LogP contribution in [0.25, 0.3) is 0 Å². The molecule has 0 aromatic carbocycles. The van der Waals surface area contributed by atoms with E-state index in [1.165, 1.54) is 0 Å². The van der Waals surface area contributed by atoms with E-state index in [0.717, 1.165) is 13.1 Å². The van der Waals surface area contributed by atoms with Crippen LogP contribution in [0.4, 0.5) is 18.0 Å². The molecule has 2 rings (SSSR count). The minimum atomic E-state index is -4.12. The van der Waals surface area contributed by atoms with Gasteiger partial charge in [-0.25, -0.2) is 4.79 Å². The van der Waals surface area contributed by atoms with Crippen molar-refractivity contribution in [3.63, 3.8) is 0 Å². The van der Waals surface area contributed by atoms with Crippen molar-refractivity contribution in [2.75, 3.05) is 39.3 Å². The summed E-state index contributed by atoms with van der Waals surface area (Å²) in [7, 11) is 0. The predicted molar refractivity (Wildman–Crippen MR) is 60.2 cm³/mol. The van der Waals surface area contributed by atoms with E-state index < -0.39 is 12.1 Å². The van der Waals surface area contributed by atoms with Gasteiger partial charge in [0.25, 0.3) is 0 Å². The Morgan fingerprint density at radius 1 is 1.00 bits per heavy atom. The van der Waals surface area contributed by atoms with Gasteiger partial charge >= 0.3 is 12.2 Å². The number of likely N-dealkylation sites (tertiary alicyclic amines) is 1. The zero-order chi connectivity index (χ0) is 13.2. The lowest BCUT2D eigenvalue weighted by Gasteiger charge is -2.37. The van der Waals surface area contributed by atoms with E-state index in [4.69, 9.17) is 0 Å². The van der Waals surface area contributed by atoms with E-state index in [-0.39, 0.29) is 32.0 Å². The lowest BCUT2D eigenvalue weighted by molar-refractivity contribution is -0.183. The highest BCUT2D eigenvalue weighted by Gasteiger charge is 2.42. The summed E-state index contributed by atoms with van der Waals surface area (Å²) in [5.74, 6) is -1.25. The number of hydrogen-bond donors (Lipinski definition) is 1. The van der Waals surface area contributed by atoms with Gasteiger partial charge in [-0.1, -0.05) is 0 Å². The van der Waals surface area contributed by atoms with E-state index >= 15 is 0 Å². The Labute approximate surface area is 104 Å². The molecular weight excluding hydrogens is 247 g/mol. The van der Waals surface area contributed by atoms with Gasteiger partial charge in [-0.15, -0.1) is 0 Å². The highest BCUT2D eigenvalue weighted by Crippen LogP contribution is 2.34. The second-order valence-corrected chi connectivity index (χ2v) is 4.82. The monoisotopic (exact) mass is 265 g/mol. The Morgan fingerprint density at radius 2 is 1.50 bits per heavy atom. The fourth-order valence-electron chi connectivity index (χ4n) is 2.45. The molecule has 1 N–H and O–H groups in total. The van der Waals surface area contributed by atoms with Gasteiger partial charge in [-0.3, -0.25) is 0 Å². The Balaban J connectivity index is 1.83. The van der Waals surface area contributed by atoms with Crippen LogP contribution in [0, 0.1) is 5.92 Å². The van der Waals surface area contributed by atoms with E-state index in [2.05, 4.69) is 5.32 Å². The first kappa shape index (κ1) is 13.5. The number of piperazine rings is 1. The summed E-state index contributed by atoms with van der Waals surface area (Å²) in [6, 6.07) is -0.114. The lowest BCUT2D eigenvalue weighted by atomic mass is 9.96. The standard InChI is InChI=1S/C11H18F3N3O/c12-11(13,14)9-1-5-16(6-2-9)10(18)17-7-3-15-4-8-17/h9,15H,1-8H2. The summed E-state index contributed by atoms with van der Waals surface area (Å²) in [6.45, 7) is 3.21. The van der Waals surface area contributed by atoms with Crippen LogP contribution in [0.15, 0.2) is 0 Å². The first-order valence-corrected chi connectivity index (χ1v) is 6.30. The zero-order valence-electron chi connectivity index (χ0n) is 10.2. The molecule has 7 heteroatoms. The normalized spacial score (nSPS) is 23.3. The maximum absolute atomic E-state index is 12.5. The smallest absolute Gasteiger partial charge is 0.325 e. The first-order valence-electron chi connectivity index (χ1n) is 6.30. The molecule has 0 aliphatic carbocycles. The highest BCUT2D eigenvalue weighted by atomic mass is 19.4. The van der Waals surface area contributed by atoms with E-state index in [1.54, 1.807) is 9.80 Å². The second-order valence-electron chi connectivity index (χ2n) is 4.82. The second kappa shape index (κ2) is 5.34. The Morgan fingerprint density at radius 3 is 2.00 bits per heavy atom. The van der Waals surface area contributed by atoms with Crippen LogP contribution in [0.2, 0.25) is 0 Å². The van der Waals surface area contributed by atoms with Crippen molar-refractivity contribution in [2.45, 2.75) is 19.0 Å². The van der Waals surface area contributed by atoms with Crippen LogP contribution in [0.1, 0.15) is 12.8 Å². The largest absolute Gasteiger partial charge is 0.391 e. The third kappa shape index (κ3) is 3.07. The van der Waals surface area contributed by atoms with Gasteiger partial charge in [-0.2, -0.15) is 13.2 Å². The summed E-state index contributed by atoms with van der Waals surface area (Å²) in [5, 5.41) is 3.14. The topological polar surface area (TPSA) is 35.6 Å². The number of rotatable bonds is 0. The molecule has 18 heavy (non-hydrogen) atoms. The SMILES string of the molecule is O=C(N1CCNCC1)N1CCC(C(F)(F)F)CC1. The average Bonchev–Trinajstić information content (AvgIpc) is 2.38. The minimum Gasteiger partial charge on any atom is -0.325 e. The number of alkyl halides is 3. The van der Waals surface area contributed by atoms with Gasteiger partial charge in [0.15, 0.2) is 0 Å². The molecule has 2 heterocycles. The average molecular weight is 265 g/mol. The highest BCUT2D eigenvalue weighted by molar-refractivity contribution is 5.74. The van der Waals surface area contributed by atoms with Crippen LogP contribution < -0.4 is 5.32 Å². The molecule has 0 atom stereocenters. The molecule has 0 radical (unpaired) electrons. The number of amides is 2. The summed E-state index contributed by atoms with van der Waals surface area (Å²) in [4.78, 5) is 15.3. The van der Waals surface area contributed by atoms with Gasteiger partial charge in [0.05, 0.1) is 5.92 Å². The van der Waals surface area contributed by atoms with Gasteiger partial charge < -0.3 is 15.1 Å². The summed E-state index contributed by atoms with van der Waals surface area (Å²) < 4.78 is 37.5. The predicted octanol–water partition coefficient (Wildman–Crippen LogP) is 1.29. The number of nitrogens with zero attached hydrogens (tertiary/aromatic N) is 2. The number of hydrogen-bond acceptors (Lipinski definition) is 2. The van der Waals surface area contributed by atoms with Crippen LogP contribution in [0.3, 0.4) is 0 Å². The van der Waals surface area contributed by atoms with E-state index in [9.17, 15) is 18.0 Å². The molecule has 4 nitrogen and oxygen atoms in total. The molecule has 0 bridgehead atoms. The number of halogens is 3.